The molecule has 0 heterocycles. The summed E-state index contributed by atoms with van der Waals surface area (Å²) in [5, 5.41) is 10.1. The molecule has 0 radical (unpaired) electrons. The molecule has 0 aliphatic heterocycles. The Hall–Kier alpha value is -2.12. The number of hydrogen-bond donors (Lipinski definition) is 1. The first-order valence-corrected chi connectivity index (χ1v) is 11.9. The van der Waals surface area contributed by atoms with Crippen LogP contribution in [-0.4, -0.2) is 25.1 Å². The van der Waals surface area contributed by atoms with E-state index < -0.39 is 43.5 Å². The van der Waals surface area contributed by atoms with E-state index in [-0.39, 0.29) is 23.8 Å². The number of aliphatic hydroxyl groups is 1. The van der Waals surface area contributed by atoms with E-state index in [4.69, 9.17) is 0 Å². The second kappa shape index (κ2) is 9.17. The lowest BCUT2D eigenvalue weighted by molar-refractivity contribution is -0.116. The molecular formula is C24H30F2O4S. The Labute approximate surface area is 183 Å². The Kier molecular flexibility index (Phi) is 7.43. The highest BCUT2D eigenvalue weighted by atomic mass is 32.2. The maximum atomic E-state index is 14.8. The summed E-state index contributed by atoms with van der Waals surface area (Å²) in [5.41, 5.74) is 0.196. The Morgan fingerprint density at radius 3 is 2.00 bits per heavy atom. The summed E-state index contributed by atoms with van der Waals surface area (Å²) < 4.78 is 54.6. The fourth-order valence-corrected chi connectivity index (χ4v) is 5.03. The van der Waals surface area contributed by atoms with Crippen LogP contribution < -0.4 is 0 Å². The van der Waals surface area contributed by atoms with Gasteiger partial charge >= 0.3 is 0 Å². The van der Waals surface area contributed by atoms with Crippen LogP contribution >= 0.6 is 0 Å². The third-order valence-electron chi connectivity index (χ3n) is 5.21. The van der Waals surface area contributed by atoms with Crippen LogP contribution in [0.15, 0.2) is 35.2 Å². The van der Waals surface area contributed by atoms with Gasteiger partial charge in [0, 0.05) is 12.0 Å². The van der Waals surface area contributed by atoms with Gasteiger partial charge in [-0.15, -0.1) is 0 Å². The molecule has 0 aromatic heterocycles. The van der Waals surface area contributed by atoms with Gasteiger partial charge in [-0.3, -0.25) is 4.79 Å². The fraction of sp³-hybridized carbons (Fsp3) is 0.458. The summed E-state index contributed by atoms with van der Waals surface area (Å²) in [6.45, 7) is 10.2. The van der Waals surface area contributed by atoms with Gasteiger partial charge in [-0.2, -0.15) is 0 Å². The SMILES string of the molecule is CC(C)c1cc(F)cc(C(C)C)c1CC(=O)CS(=O)(=O)c1cccc(C(C)(C)O)c1F. The summed E-state index contributed by atoms with van der Waals surface area (Å²) in [6.07, 6.45) is -0.187. The van der Waals surface area contributed by atoms with Gasteiger partial charge in [0.2, 0.25) is 0 Å². The summed E-state index contributed by atoms with van der Waals surface area (Å²) in [4.78, 5) is 12.2. The number of rotatable bonds is 8. The van der Waals surface area contributed by atoms with Crippen LogP contribution in [0.1, 0.15) is 75.6 Å². The van der Waals surface area contributed by atoms with E-state index in [2.05, 4.69) is 0 Å². The van der Waals surface area contributed by atoms with Crippen LogP contribution in [0.4, 0.5) is 8.78 Å². The predicted octanol–water partition coefficient (Wildman–Crippen LogP) is 5.02. The average molecular weight is 453 g/mol. The zero-order valence-corrected chi connectivity index (χ0v) is 19.6. The Morgan fingerprint density at radius 1 is 1.03 bits per heavy atom. The predicted molar refractivity (Wildman–Crippen MR) is 117 cm³/mol. The first-order valence-electron chi connectivity index (χ1n) is 10.2. The lowest BCUT2D eigenvalue weighted by Crippen LogP contribution is -2.23. The zero-order chi connectivity index (χ0) is 23.7. The molecule has 4 nitrogen and oxygen atoms in total. The van der Waals surface area contributed by atoms with Crippen molar-refractivity contribution in [2.24, 2.45) is 0 Å². The topological polar surface area (TPSA) is 71.4 Å². The van der Waals surface area contributed by atoms with E-state index in [1.54, 1.807) is 0 Å². The fourth-order valence-electron chi connectivity index (χ4n) is 3.68. The van der Waals surface area contributed by atoms with Crippen molar-refractivity contribution in [1.82, 2.24) is 0 Å². The van der Waals surface area contributed by atoms with Gasteiger partial charge < -0.3 is 5.11 Å². The van der Waals surface area contributed by atoms with E-state index in [0.29, 0.717) is 16.7 Å². The van der Waals surface area contributed by atoms with Crippen molar-refractivity contribution in [2.45, 2.75) is 70.3 Å². The number of benzene rings is 2. The highest BCUT2D eigenvalue weighted by Gasteiger charge is 2.29. The molecule has 0 fully saturated rings. The molecule has 1 N–H and O–H groups in total. The van der Waals surface area contributed by atoms with Crippen molar-refractivity contribution in [3.63, 3.8) is 0 Å². The van der Waals surface area contributed by atoms with Gasteiger partial charge in [-0.1, -0.05) is 39.8 Å². The van der Waals surface area contributed by atoms with Crippen molar-refractivity contribution < 1.29 is 27.1 Å². The molecule has 2 aromatic rings. The summed E-state index contributed by atoms with van der Waals surface area (Å²) in [5.74, 6) is -3.08. The summed E-state index contributed by atoms with van der Waals surface area (Å²) in [6, 6.07) is 6.48. The maximum Gasteiger partial charge on any atom is 0.188 e. The molecule has 0 atom stereocenters. The number of Topliss-reactive ketones (excluding diaryl/α,β-unsaturated/α-hetero) is 1. The Balaban J connectivity index is 2.42. The van der Waals surface area contributed by atoms with Crippen molar-refractivity contribution in [2.75, 3.05) is 5.75 Å². The van der Waals surface area contributed by atoms with E-state index in [1.165, 1.54) is 38.1 Å². The molecule has 0 bridgehead atoms. The minimum atomic E-state index is -4.28. The second-order valence-electron chi connectivity index (χ2n) is 9.02. The molecule has 31 heavy (non-hydrogen) atoms. The monoisotopic (exact) mass is 452 g/mol. The van der Waals surface area contributed by atoms with E-state index in [0.717, 1.165) is 6.07 Å². The standard InChI is InChI=1S/C24H30F2O4S/c1-14(2)18-10-16(25)11-19(15(3)4)20(18)12-17(27)13-31(29,30)22-9-7-8-21(23(22)26)24(5,6)28/h7-11,14-15,28H,12-13H2,1-6H3. The molecule has 0 saturated carbocycles. The Morgan fingerprint density at radius 2 is 1.55 bits per heavy atom. The van der Waals surface area contributed by atoms with E-state index in [9.17, 15) is 27.1 Å². The largest absolute Gasteiger partial charge is 0.386 e. The molecule has 0 aliphatic rings. The highest BCUT2D eigenvalue weighted by molar-refractivity contribution is 7.92. The molecule has 0 spiro atoms. The number of ketones is 1. The number of halogens is 2. The minimum Gasteiger partial charge on any atom is -0.386 e. The minimum absolute atomic E-state index is 0.0616. The van der Waals surface area contributed by atoms with Crippen molar-refractivity contribution >= 4 is 15.6 Å². The van der Waals surface area contributed by atoms with Crippen LogP contribution in [-0.2, 0) is 26.7 Å². The van der Waals surface area contributed by atoms with Crippen LogP contribution in [0, 0.1) is 11.6 Å². The number of sulfone groups is 1. The molecule has 0 amide bonds. The molecular weight excluding hydrogens is 422 g/mol. The third kappa shape index (κ3) is 5.77. The lowest BCUT2D eigenvalue weighted by atomic mass is 9.86. The number of carbonyl (C=O) groups is 1. The third-order valence-corrected chi connectivity index (χ3v) is 6.90. The smallest absolute Gasteiger partial charge is 0.188 e. The van der Waals surface area contributed by atoms with Gasteiger partial charge in [0.05, 0.1) is 5.60 Å². The van der Waals surface area contributed by atoms with Crippen LogP contribution in [0.2, 0.25) is 0 Å². The van der Waals surface area contributed by atoms with E-state index in [1.807, 2.05) is 27.7 Å². The Bertz CT molecular complexity index is 1050. The van der Waals surface area contributed by atoms with Crippen molar-refractivity contribution in [3.05, 3.63) is 64.2 Å². The number of carbonyl (C=O) groups excluding carboxylic acids is 1. The quantitative estimate of drug-likeness (QED) is 0.610. The summed E-state index contributed by atoms with van der Waals surface area (Å²) in [7, 11) is -4.28. The van der Waals surface area contributed by atoms with Gasteiger partial charge in [0.25, 0.3) is 0 Å². The van der Waals surface area contributed by atoms with Gasteiger partial charge in [0.15, 0.2) is 15.6 Å². The molecule has 7 heteroatoms. The highest BCUT2D eigenvalue weighted by Crippen LogP contribution is 2.31. The number of hydrogen-bond acceptors (Lipinski definition) is 4. The second-order valence-corrected chi connectivity index (χ2v) is 11.0. The molecule has 2 aromatic carbocycles. The van der Waals surface area contributed by atoms with Crippen LogP contribution in [0.5, 0.6) is 0 Å². The average Bonchev–Trinajstić information content (AvgIpc) is 2.60. The zero-order valence-electron chi connectivity index (χ0n) is 18.8. The van der Waals surface area contributed by atoms with Crippen molar-refractivity contribution in [3.8, 4) is 0 Å². The molecule has 0 aliphatic carbocycles. The first-order chi connectivity index (χ1) is 14.1. The van der Waals surface area contributed by atoms with Gasteiger partial charge in [-0.25, -0.2) is 17.2 Å². The van der Waals surface area contributed by atoms with E-state index >= 15 is 0 Å². The molecule has 2 rings (SSSR count). The van der Waals surface area contributed by atoms with Crippen molar-refractivity contribution in [1.29, 1.82) is 0 Å². The van der Waals surface area contributed by atoms with Crippen LogP contribution in [0.3, 0.4) is 0 Å². The summed E-state index contributed by atoms with van der Waals surface area (Å²) >= 11 is 0. The molecule has 0 saturated heterocycles. The first kappa shape index (κ1) is 25.1. The van der Waals surface area contributed by atoms with Gasteiger partial charge in [0.1, 0.15) is 22.3 Å². The molecule has 0 unspecified atom stereocenters. The van der Waals surface area contributed by atoms with Gasteiger partial charge in [-0.05, 0) is 60.6 Å². The molecule has 170 valence electrons. The lowest BCUT2D eigenvalue weighted by Gasteiger charge is -2.20. The maximum absolute atomic E-state index is 14.8. The van der Waals surface area contributed by atoms with Crippen LogP contribution in [0.25, 0.3) is 0 Å². The normalized spacial score (nSPS) is 12.6.